The van der Waals surface area contributed by atoms with Crippen LogP contribution in [0.1, 0.15) is 43.1 Å². The van der Waals surface area contributed by atoms with E-state index in [0.717, 1.165) is 47.8 Å². The van der Waals surface area contributed by atoms with Crippen molar-refractivity contribution in [1.29, 1.82) is 0 Å². The molecule has 1 aliphatic rings. The van der Waals surface area contributed by atoms with Crippen LogP contribution in [0.15, 0.2) is 36.4 Å². The maximum atomic E-state index is 13.3. The van der Waals surface area contributed by atoms with Gasteiger partial charge >= 0.3 is 0 Å². The number of likely N-dealkylation sites (tertiary alicyclic amines) is 1. The molecule has 1 saturated heterocycles. The van der Waals surface area contributed by atoms with Gasteiger partial charge in [-0.05, 0) is 88.7 Å². The van der Waals surface area contributed by atoms with Crippen LogP contribution in [0.5, 0.6) is 0 Å². The summed E-state index contributed by atoms with van der Waals surface area (Å²) < 4.78 is 15.4. The summed E-state index contributed by atoms with van der Waals surface area (Å²) in [6, 6.07) is 8.68. The summed E-state index contributed by atoms with van der Waals surface area (Å²) in [5, 5.41) is 0. The molecule has 138 valence electrons. The molecule has 3 nitrogen and oxygen atoms in total. The number of piperidine rings is 1. The van der Waals surface area contributed by atoms with Crippen molar-refractivity contribution in [2.45, 2.75) is 40.0 Å². The second kappa shape index (κ2) is 8.00. The lowest BCUT2D eigenvalue weighted by molar-refractivity contribution is -0.112. The molecule has 3 rings (SSSR count). The fourth-order valence-corrected chi connectivity index (χ4v) is 3.89. The second-order valence-corrected chi connectivity index (χ2v) is 7.21. The maximum absolute atomic E-state index is 13.3. The van der Waals surface area contributed by atoms with Gasteiger partial charge in [-0.15, -0.1) is 0 Å². The van der Waals surface area contributed by atoms with Gasteiger partial charge in [0.1, 0.15) is 5.82 Å². The fraction of sp³-hybridized carbons (Fsp3) is 0.409. The van der Waals surface area contributed by atoms with E-state index in [-0.39, 0.29) is 11.6 Å². The largest absolute Gasteiger partial charge is 0.318 e. The summed E-state index contributed by atoms with van der Waals surface area (Å²) in [5.41, 5.74) is 5.28. The number of halogens is 1. The Morgan fingerprint density at radius 2 is 1.77 bits per heavy atom. The van der Waals surface area contributed by atoms with Crippen LogP contribution in [-0.4, -0.2) is 34.9 Å². The summed E-state index contributed by atoms with van der Waals surface area (Å²) >= 11 is 0. The third kappa shape index (κ3) is 4.13. The Hall–Kier alpha value is -2.20. The van der Waals surface area contributed by atoms with Gasteiger partial charge in [-0.3, -0.25) is 9.69 Å². The molecule has 1 aliphatic heterocycles. The number of ketones is 1. The average Bonchev–Trinajstić information content (AvgIpc) is 2.90. The van der Waals surface area contributed by atoms with Crippen molar-refractivity contribution < 1.29 is 9.18 Å². The molecule has 2 aromatic rings. The monoisotopic (exact) mass is 354 g/mol. The van der Waals surface area contributed by atoms with Gasteiger partial charge in [0.15, 0.2) is 5.78 Å². The lowest BCUT2D eigenvalue weighted by atomic mass is 10.0. The third-order valence-electron chi connectivity index (χ3n) is 5.08. The van der Waals surface area contributed by atoms with Crippen molar-refractivity contribution in [3.05, 3.63) is 59.2 Å². The highest BCUT2D eigenvalue weighted by Crippen LogP contribution is 2.28. The van der Waals surface area contributed by atoms with Gasteiger partial charge in [-0.2, -0.15) is 0 Å². The Morgan fingerprint density at radius 3 is 2.38 bits per heavy atom. The smallest absolute Gasteiger partial charge is 0.152 e. The summed E-state index contributed by atoms with van der Waals surface area (Å²) in [4.78, 5) is 14.3. The summed E-state index contributed by atoms with van der Waals surface area (Å²) in [7, 11) is 0. The van der Waals surface area contributed by atoms with Crippen molar-refractivity contribution in [3.8, 4) is 5.69 Å². The molecular weight excluding hydrogens is 327 g/mol. The lowest BCUT2D eigenvalue weighted by Crippen LogP contribution is -2.31. The number of hydrogen-bond donors (Lipinski definition) is 0. The van der Waals surface area contributed by atoms with E-state index in [1.807, 2.05) is 6.92 Å². The molecule has 1 aromatic carbocycles. The molecule has 0 amide bonds. The zero-order chi connectivity index (χ0) is 18.7. The van der Waals surface area contributed by atoms with Crippen LogP contribution in [0, 0.1) is 19.7 Å². The summed E-state index contributed by atoms with van der Waals surface area (Å²) in [6.07, 6.45) is 5.51. The highest BCUT2D eigenvalue weighted by molar-refractivity contribution is 5.95. The van der Waals surface area contributed by atoms with Crippen LogP contribution in [0.25, 0.3) is 11.3 Å². The van der Waals surface area contributed by atoms with Gasteiger partial charge in [0, 0.05) is 29.2 Å². The summed E-state index contributed by atoms with van der Waals surface area (Å²) in [5.74, 6) is -0.165. The first-order chi connectivity index (χ1) is 12.5. The molecule has 26 heavy (non-hydrogen) atoms. The number of aromatic nitrogens is 1. The molecule has 0 bridgehead atoms. The number of rotatable bonds is 5. The molecule has 1 fully saturated rings. The number of aryl methyl sites for hydroxylation is 1. The van der Waals surface area contributed by atoms with E-state index in [2.05, 4.69) is 22.5 Å². The van der Waals surface area contributed by atoms with Crippen molar-refractivity contribution in [2.75, 3.05) is 19.6 Å². The van der Waals surface area contributed by atoms with Gasteiger partial charge in [-0.1, -0.05) is 6.42 Å². The first kappa shape index (κ1) is 18.6. The van der Waals surface area contributed by atoms with Crippen molar-refractivity contribution in [1.82, 2.24) is 9.47 Å². The van der Waals surface area contributed by atoms with Crippen molar-refractivity contribution in [3.63, 3.8) is 0 Å². The van der Waals surface area contributed by atoms with E-state index in [0.29, 0.717) is 0 Å². The molecule has 2 heterocycles. The van der Waals surface area contributed by atoms with Crippen LogP contribution in [0.3, 0.4) is 0 Å². The Kier molecular flexibility index (Phi) is 5.72. The third-order valence-corrected chi connectivity index (χ3v) is 5.08. The average molecular weight is 354 g/mol. The molecular formula is C22H27FN2O. The normalized spacial score (nSPS) is 16.1. The Balaban J connectivity index is 1.98. The Morgan fingerprint density at radius 1 is 1.12 bits per heavy atom. The molecule has 0 spiro atoms. The minimum absolute atomic E-state index is 0.0728. The van der Waals surface area contributed by atoms with Gasteiger partial charge in [0.25, 0.3) is 0 Å². The number of nitrogens with zero attached hydrogens (tertiary/aromatic N) is 2. The van der Waals surface area contributed by atoms with E-state index < -0.39 is 0 Å². The number of hydrogen-bond acceptors (Lipinski definition) is 2. The van der Waals surface area contributed by atoms with Crippen LogP contribution in [0.4, 0.5) is 4.39 Å². The topological polar surface area (TPSA) is 25.2 Å². The van der Waals surface area contributed by atoms with Gasteiger partial charge in [-0.25, -0.2) is 4.39 Å². The van der Waals surface area contributed by atoms with E-state index in [1.165, 1.54) is 31.4 Å². The van der Waals surface area contributed by atoms with Gasteiger partial charge < -0.3 is 4.57 Å². The Bertz CT molecular complexity index is 811. The number of allylic oxidation sites excluding steroid dienone is 1. The standard InChI is InChI=1S/C22H27FN2O/c1-16-13-22(18(3)25(16)21-9-7-20(23)8-10-21)19(14-17(2)26)15-24-11-5-4-6-12-24/h7-10,13-14H,4-6,11-12,15H2,1-3H3/b19-14+. The molecule has 0 N–H and O–H groups in total. The quantitative estimate of drug-likeness (QED) is 0.728. The van der Waals surface area contributed by atoms with Crippen LogP contribution < -0.4 is 0 Å². The minimum Gasteiger partial charge on any atom is -0.318 e. The van der Waals surface area contributed by atoms with Gasteiger partial charge in [0.2, 0.25) is 0 Å². The van der Waals surface area contributed by atoms with Crippen molar-refractivity contribution >= 4 is 11.4 Å². The molecule has 0 aliphatic carbocycles. The summed E-state index contributed by atoms with van der Waals surface area (Å²) in [6.45, 7) is 8.70. The predicted molar refractivity (Wildman–Crippen MR) is 104 cm³/mol. The number of carbonyl (C=O) groups excluding carboxylic acids is 1. The van der Waals surface area contributed by atoms with E-state index in [1.54, 1.807) is 25.1 Å². The molecule has 4 heteroatoms. The molecule has 0 unspecified atom stereocenters. The maximum Gasteiger partial charge on any atom is 0.152 e. The predicted octanol–water partition coefficient (Wildman–Crippen LogP) is 4.69. The van der Waals surface area contributed by atoms with E-state index in [4.69, 9.17) is 0 Å². The molecule has 0 atom stereocenters. The van der Waals surface area contributed by atoms with Crippen molar-refractivity contribution in [2.24, 2.45) is 0 Å². The van der Waals surface area contributed by atoms with E-state index >= 15 is 0 Å². The second-order valence-electron chi connectivity index (χ2n) is 7.21. The zero-order valence-electron chi connectivity index (χ0n) is 15.9. The molecule has 0 saturated carbocycles. The van der Waals surface area contributed by atoms with E-state index in [9.17, 15) is 9.18 Å². The molecule has 0 radical (unpaired) electrons. The number of carbonyl (C=O) groups is 1. The molecule has 1 aromatic heterocycles. The Labute approximate surface area is 155 Å². The fourth-order valence-electron chi connectivity index (χ4n) is 3.89. The first-order valence-electron chi connectivity index (χ1n) is 9.34. The van der Waals surface area contributed by atoms with Crippen LogP contribution in [0.2, 0.25) is 0 Å². The SMILES string of the molecule is CC(=O)/C=C(\CN1CCCCC1)c1cc(C)n(-c2ccc(F)cc2)c1C. The zero-order valence-corrected chi connectivity index (χ0v) is 15.9. The first-order valence-corrected chi connectivity index (χ1v) is 9.34. The highest BCUT2D eigenvalue weighted by atomic mass is 19.1. The van der Waals surface area contributed by atoms with Crippen LogP contribution >= 0.6 is 0 Å². The van der Waals surface area contributed by atoms with Gasteiger partial charge in [0.05, 0.1) is 0 Å². The highest BCUT2D eigenvalue weighted by Gasteiger charge is 2.18. The lowest BCUT2D eigenvalue weighted by Gasteiger charge is -2.27. The van der Waals surface area contributed by atoms with Crippen LogP contribution in [-0.2, 0) is 4.79 Å². The minimum atomic E-state index is -0.237. The number of benzene rings is 1.